The van der Waals surface area contributed by atoms with Gasteiger partial charge in [-0.25, -0.2) is 0 Å². The molecule has 0 unspecified atom stereocenters. The highest BCUT2D eigenvalue weighted by Crippen LogP contribution is 2.41. The third-order valence-electron chi connectivity index (χ3n) is 6.03. The number of hydrogen-bond donors (Lipinski definition) is 0. The fourth-order valence-corrected chi connectivity index (χ4v) is 4.70. The summed E-state index contributed by atoms with van der Waals surface area (Å²) in [6.45, 7) is 0. The standard InChI is InChI=1S/C30H20/c1-2-9-21(10-3-1)11-4-5-12-22-19-20-28-26-17-7-14-23-13-6-16-25(29(23)26)27-18-8-15-24(22)30(27)28/h1-20H/b11-4+,12-5+. The third kappa shape index (κ3) is 2.62. The van der Waals surface area contributed by atoms with E-state index >= 15 is 0 Å². The second kappa shape index (κ2) is 6.86. The minimum atomic E-state index is 1.21. The zero-order chi connectivity index (χ0) is 19.9. The van der Waals surface area contributed by atoms with Gasteiger partial charge in [0.05, 0.1) is 0 Å². The van der Waals surface area contributed by atoms with E-state index in [-0.39, 0.29) is 0 Å². The molecule has 0 aliphatic rings. The zero-order valence-electron chi connectivity index (χ0n) is 16.5. The molecule has 0 heterocycles. The summed E-state index contributed by atoms with van der Waals surface area (Å²) in [6, 6.07) is 34.9. The largest absolute Gasteiger partial charge is 0.0622 e. The molecule has 0 nitrogen and oxygen atoms in total. The molecule has 0 fully saturated rings. The Balaban J connectivity index is 1.56. The van der Waals surface area contributed by atoms with Crippen molar-refractivity contribution in [1.29, 1.82) is 0 Å². The average Bonchev–Trinajstić information content (AvgIpc) is 2.81. The number of fused-ring (bicyclic) bond motifs is 2. The fourth-order valence-electron chi connectivity index (χ4n) is 4.70. The van der Waals surface area contributed by atoms with Crippen molar-refractivity contribution in [3.8, 4) is 0 Å². The molecule has 0 aromatic heterocycles. The van der Waals surface area contributed by atoms with Gasteiger partial charge in [-0.05, 0) is 54.2 Å². The van der Waals surface area contributed by atoms with Crippen LogP contribution in [0.2, 0.25) is 0 Å². The van der Waals surface area contributed by atoms with Gasteiger partial charge in [0.15, 0.2) is 0 Å². The minimum Gasteiger partial charge on any atom is -0.0622 e. The average molecular weight is 380 g/mol. The van der Waals surface area contributed by atoms with Crippen LogP contribution in [0.15, 0.2) is 109 Å². The van der Waals surface area contributed by atoms with Crippen LogP contribution in [0.5, 0.6) is 0 Å². The van der Waals surface area contributed by atoms with Crippen LogP contribution in [0.1, 0.15) is 11.1 Å². The van der Waals surface area contributed by atoms with Crippen molar-refractivity contribution in [2.24, 2.45) is 0 Å². The molecule has 30 heavy (non-hydrogen) atoms. The molecule has 140 valence electrons. The third-order valence-corrected chi connectivity index (χ3v) is 6.03. The zero-order valence-corrected chi connectivity index (χ0v) is 16.5. The molecule has 6 aromatic carbocycles. The Morgan fingerprint density at radius 2 is 1.00 bits per heavy atom. The molecule has 0 spiro atoms. The van der Waals surface area contributed by atoms with E-state index in [1.165, 1.54) is 54.2 Å². The first-order valence-electron chi connectivity index (χ1n) is 10.4. The van der Waals surface area contributed by atoms with Crippen LogP contribution in [-0.2, 0) is 0 Å². The van der Waals surface area contributed by atoms with E-state index in [0.29, 0.717) is 0 Å². The Morgan fingerprint density at radius 3 is 1.77 bits per heavy atom. The summed E-state index contributed by atoms with van der Waals surface area (Å²) in [4.78, 5) is 0. The molecular formula is C30H20. The fraction of sp³-hybridized carbons (Fsp3) is 0. The maximum Gasteiger partial charge on any atom is -0.00204 e. The number of rotatable bonds is 3. The predicted molar refractivity (Wildman–Crippen MR) is 132 cm³/mol. The van der Waals surface area contributed by atoms with Gasteiger partial charge in [-0.15, -0.1) is 0 Å². The van der Waals surface area contributed by atoms with Crippen LogP contribution in [0.4, 0.5) is 0 Å². The van der Waals surface area contributed by atoms with E-state index in [2.05, 4.69) is 115 Å². The van der Waals surface area contributed by atoms with Gasteiger partial charge in [0.1, 0.15) is 0 Å². The van der Waals surface area contributed by atoms with E-state index in [1.807, 2.05) is 6.07 Å². The Kier molecular flexibility index (Phi) is 3.89. The van der Waals surface area contributed by atoms with Gasteiger partial charge in [0.2, 0.25) is 0 Å². The van der Waals surface area contributed by atoms with Crippen molar-refractivity contribution in [2.75, 3.05) is 0 Å². The minimum absolute atomic E-state index is 1.21. The maximum atomic E-state index is 2.29. The summed E-state index contributed by atoms with van der Waals surface area (Å²) in [5, 5.41) is 10.7. The number of hydrogen-bond acceptors (Lipinski definition) is 0. The first-order chi connectivity index (χ1) is 14.9. The molecule has 0 heteroatoms. The summed E-state index contributed by atoms with van der Waals surface area (Å²) in [5.74, 6) is 0. The van der Waals surface area contributed by atoms with Crippen LogP contribution in [-0.4, -0.2) is 0 Å². The van der Waals surface area contributed by atoms with Crippen LogP contribution < -0.4 is 0 Å². The maximum absolute atomic E-state index is 2.29. The highest BCUT2D eigenvalue weighted by atomic mass is 14.2. The smallest absolute Gasteiger partial charge is 0.00204 e. The summed E-state index contributed by atoms with van der Waals surface area (Å²) in [6.07, 6.45) is 8.59. The Hall–Kier alpha value is -3.90. The molecule has 0 saturated carbocycles. The Labute approximate surface area is 175 Å². The van der Waals surface area contributed by atoms with Gasteiger partial charge in [-0.1, -0.05) is 121 Å². The van der Waals surface area contributed by atoms with E-state index in [0.717, 1.165) is 0 Å². The first kappa shape index (κ1) is 17.0. The number of benzene rings is 6. The van der Waals surface area contributed by atoms with E-state index < -0.39 is 0 Å². The summed E-state index contributed by atoms with van der Waals surface area (Å²) >= 11 is 0. The van der Waals surface area contributed by atoms with Gasteiger partial charge in [0, 0.05) is 0 Å². The SMILES string of the molecule is C(/C=C/c1ccc2c3cccc4cccc(c5cccc1c52)c43)=C\c1ccccc1. The number of allylic oxidation sites excluding steroid dienone is 2. The molecule has 0 bridgehead atoms. The predicted octanol–water partition coefficient (Wildman–Crippen LogP) is 8.46. The van der Waals surface area contributed by atoms with Crippen LogP contribution in [0.3, 0.4) is 0 Å². The summed E-state index contributed by atoms with van der Waals surface area (Å²) in [5.41, 5.74) is 2.46. The van der Waals surface area contributed by atoms with Gasteiger partial charge in [-0.2, -0.15) is 0 Å². The van der Waals surface area contributed by atoms with E-state index in [9.17, 15) is 0 Å². The van der Waals surface area contributed by atoms with E-state index in [1.54, 1.807) is 0 Å². The summed E-state index contributed by atoms with van der Waals surface area (Å²) < 4.78 is 0. The Bertz CT molecular complexity index is 1520. The van der Waals surface area contributed by atoms with Crippen LogP contribution in [0, 0.1) is 0 Å². The second-order valence-electron chi connectivity index (χ2n) is 7.77. The lowest BCUT2D eigenvalue weighted by Gasteiger charge is -2.15. The van der Waals surface area contributed by atoms with E-state index in [4.69, 9.17) is 0 Å². The molecule has 0 aliphatic heterocycles. The molecule has 0 atom stereocenters. The topological polar surface area (TPSA) is 0 Å². The molecule has 0 saturated heterocycles. The monoisotopic (exact) mass is 380 g/mol. The quantitative estimate of drug-likeness (QED) is 0.164. The first-order valence-corrected chi connectivity index (χ1v) is 10.4. The highest BCUT2D eigenvalue weighted by Gasteiger charge is 2.13. The second-order valence-corrected chi connectivity index (χ2v) is 7.77. The molecule has 6 aromatic rings. The van der Waals surface area contributed by atoms with Gasteiger partial charge in [0.25, 0.3) is 0 Å². The van der Waals surface area contributed by atoms with Crippen molar-refractivity contribution in [1.82, 2.24) is 0 Å². The lowest BCUT2D eigenvalue weighted by Crippen LogP contribution is -1.88. The van der Waals surface area contributed by atoms with Crippen molar-refractivity contribution >= 4 is 55.2 Å². The van der Waals surface area contributed by atoms with Crippen LogP contribution >= 0.6 is 0 Å². The lowest BCUT2D eigenvalue weighted by atomic mass is 9.88. The van der Waals surface area contributed by atoms with Gasteiger partial charge >= 0.3 is 0 Å². The molecule has 0 N–H and O–H groups in total. The lowest BCUT2D eigenvalue weighted by molar-refractivity contribution is 1.66. The van der Waals surface area contributed by atoms with Crippen molar-refractivity contribution < 1.29 is 0 Å². The normalized spacial score (nSPS) is 12.4. The van der Waals surface area contributed by atoms with Gasteiger partial charge in [-0.3, -0.25) is 0 Å². The molecule has 0 radical (unpaired) electrons. The molecule has 0 aliphatic carbocycles. The van der Waals surface area contributed by atoms with Crippen molar-refractivity contribution in [3.63, 3.8) is 0 Å². The molecule has 6 rings (SSSR count). The highest BCUT2D eigenvalue weighted by molar-refractivity contribution is 6.33. The Morgan fingerprint density at radius 1 is 0.400 bits per heavy atom. The van der Waals surface area contributed by atoms with Crippen molar-refractivity contribution in [2.45, 2.75) is 0 Å². The molecular weight excluding hydrogens is 360 g/mol. The van der Waals surface area contributed by atoms with Gasteiger partial charge < -0.3 is 0 Å². The summed E-state index contributed by atoms with van der Waals surface area (Å²) in [7, 11) is 0. The molecule has 0 amide bonds. The van der Waals surface area contributed by atoms with Crippen molar-refractivity contribution in [3.05, 3.63) is 120 Å². The van der Waals surface area contributed by atoms with Crippen LogP contribution in [0.25, 0.3) is 55.2 Å².